The van der Waals surface area contributed by atoms with Crippen molar-refractivity contribution in [3.63, 3.8) is 0 Å². The van der Waals surface area contributed by atoms with Gasteiger partial charge < -0.3 is 15.0 Å². The molecule has 0 aliphatic heterocycles. The number of hydrogen-bond acceptors (Lipinski definition) is 3. The summed E-state index contributed by atoms with van der Waals surface area (Å²) >= 11 is 6.00. The summed E-state index contributed by atoms with van der Waals surface area (Å²) in [5, 5.41) is 14.1. The molecule has 1 aliphatic rings. The van der Waals surface area contributed by atoms with E-state index in [0.29, 0.717) is 11.6 Å². The zero-order chi connectivity index (χ0) is 14.1. The topological polar surface area (TPSA) is 50.1 Å². The Morgan fingerprint density at radius 2 is 2.20 bits per heavy atom. The Bertz CT molecular complexity index is 610. The Labute approximate surface area is 123 Å². The predicted molar refractivity (Wildman–Crippen MR) is 80.8 cm³/mol. The van der Waals surface area contributed by atoms with Crippen LogP contribution in [-0.2, 0) is 13.6 Å². The van der Waals surface area contributed by atoms with Crippen LogP contribution < -0.4 is 5.32 Å². The van der Waals surface area contributed by atoms with E-state index in [9.17, 15) is 5.11 Å². The number of imidazole rings is 1. The largest absolute Gasteiger partial charge is 0.392 e. The van der Waals surface area contributed by atoms with E-state index in [0.717, 1.165) is 36.1 Å². The van der Waals surface area contributed by atoms with Crippen molar-refractivity contribution in [2.24, 2.45) is 7.05 Å². The number of hydrogen-bond donors (Lipinski definition) is 2. The average Bonchev–Trinajstić information content (AvgIpc) is 2.74. The standard InChI is InChI=1S/C15H20ClN3O/c1-19-13-7-6-10(16)8-12(13)18-15(19)9-17-11-4-2-3-5-14(11)20/h6-8,11,14,17,20H,2-5,9H2,1H3. The van der Waals surface area contributed by atoms with Gasteiger partial charge in [0.05, 0.1) is 23.7 Å². The first-order valence-electron chi connectivity index (χ1n) is 7.17. The van der Waals surface area contributed by atoms with Gasteiger partial charge in [0.25, 0.3) is 0 Å². The van der Waals surface area contributed by atoms with Crippen molar-refractivity contribution < 1.29 is 5.11 Å². The third kappa shape index (κ3) is 2.68. The monoisotopic (exact) mass is 293 g/mol. The molecule has 1 aliphatic carbocycles. The fourth-order valence-corrected chi connectivity index (χ4v) is 3.12. The first kappa shape index (κ1) is 13.9. The molecule has 0 spiro atoms. The molecule has 5 heteroatoms. The van der Waals surface area contributed by atoms with Gasteiger partial charge in [-0.2, -0.15) is 0 Å². The molecular weight excluding hydrogens is 274 g/mol. The van der Waals surface area contributed by atoms with Crippen LogP contribution in [0.1, 0.15) is 31.5 Å². The Morgan fingerprint density at radius 1 is 1.40 bits per heavy atom. The number of benzene rings is 1. The second-order valence-electron chi connectivity index (χ2n) is 5.56. The third-order valence-corrected chi connectivity index (χ3v) is 4.42. The van der Waals surface area contributed by atoms with Gasteiger partial charge in [-0.05, 0) is 31.0 Å². The summed E-state index contributed by atoms with van der Waals surface area (Å²) in [6.07, 6.45) is 4.02. The van der Waals surface area contributed by atoms with E-state index in [2.05, 4.69) is 14.9 Å². The highest BCUT2D eigenvalue weighted by molar-refractivity contribution is 6.31. The highest BCUT2D eigenvalue weighted by Crippen LogP contribution is 2.21. The third-order valence-electron chi connectivity index (χ3n) is 4.19. The van der Waals surface area contributed by atoms with E-state index in [-0.39, 0.29) is 12.1 Å². The van der Waals surface area contributed by atoms with Crippen LogP contribution in [0.5, 0.6) is 0 Å². The molecule has 1 aromatic carbocycles. The molecule has 1 fully saturated rings. The molecule has 20 heavy (non-hydrogen) atoms. The van der Waals surface area contributed by atoms with Crippen LogP contribution in [0.15, 0.2) is 18.2 Å². The molecule has 3 rings (SSSR count). The number of aryl methyl sites for hydroxylation is 1. The minimum atomic E-state index is -0.229. The van der Waals surface area contributed by atoms with E-state index >= 15 is 0 Å². The maximum Gasteiger partial charge on any atom is 0.123 e. The number of aromatic nitrogens is 2. The number of halogens is 1. The van der Waals surface area contributed by atoms with Gasteiger partial charge in [0.15, 0.2) is 0 Å². The van der Waals surface area contributed by atoms with E-state index in [1.54, 1.807) is 0 Å². The van der Waals surface area contributed by atoms with Gasteiger partial charge in [0.2, 0.25) is 0 Å². The van der Waals surface area contributed by atoms with Gasteiger partial charge in [-0.3, -0.25) is 0 Å². The van der Waals surface area contributed by atoms with Gasteiger partial charge >= 0.3 is 0 Å². The van der Waals surface area contributed by atoms with Gasteiger partial charge in [-0.15, -0.1) is 0 Å². The van der Waals surface area contributed by atoms with Gasteiger partial charge in [-0.25, -0.2) is 4.98 Å². The molecule has 2 unspecified atom stereocenters. The van der Waals surface area contributed by atoms with Crippen LogP contribution in [-0.4, -0.2) is 26.8 Å². The SMILES string of the molecule is Cn1c(CNC2CCCCC2O)nc2cc(Cl)ccc21. The molecule has 0 bridgehead atoms. The van der Waals surface area contributed by atoms with Crippen molar-refractivity contribution in [2.75, 3.05) is 0 Å². The molecule has 2 aromatic rings. The number of aliphatic hydroxyl groups excluding tert-OH is 1. The lowest BCUT2D eigenvalue weighted by Gasteiger charge is -2.28. The molecule has 1 aromatic heterocycles. The summed E-state index contributed by atoms with van der Waals surface area (Å²) in [7, 11) is 2.01. The fourth-order valence-electron chi connectivity index (χ4n) is 2.95. The Balaban J connectivity index is 1.75. The Kier molecular flexibility index (Phi) is 3.96. The van der Waals surface area contributed by atoms with Crippen LogP contribution in [0, 0.1) is 0 Å². The molecule has 108 valence electrons. The first-order chi connectivity index (χ1) is 9.65. The molecule has 2 atom stereocenters. The van der Waals surface area contributed by atoms with Crippen LogP contribution >= 0.6 is 11.6 Å². The maximum absolute atomic E-state index is 9.99. The van der Waals surface area contributed by atoms with Crippen molar-refractivity contribution >= 4 is 22.6 Å². The lowest BCUT2D eigenvalue weighted by Crippen LogP contribution is -2.41. The van der Waals surface area contributed by atoms with Crippen LogP contribution in [0.25, 0.3) is 11.0 Å². The average molecular weight is 294 g/mol. The van der Waals surface area contributed by atoms with Gasteiger partial charge in [0, 0.05) is 18.1 Å². The van der Waals surface area contributed by atoms with E-state index in [4.69, 9.17) is 11.6 Å². The summed E-state index contributed by atoms with van der Waals surface area (Å²) < 4.78 is 2.08. The number of fused-ring (bicyclic) bond motifs is 1. The number of rotatable bonds is 3. The van der Waals surface area contributed by atoms with Crippen molar-refractivity contribution in [3.8, 4) is 0 Å². The molecule has 4 nitrogen and oxygen atoms in total. The molecule has 2 N–H and O–H groups in total. The highest BCUT2D eigenvalue weighted by Gasteiger charge is 2.22. The second-order valence-corrected chi connectivity index (χ2v) is 6.00. The minimum absolute atomic E-state index is 0.187. The van der Waals surface area contributed by atoms with Crippen molar-refractivity contribution in [3.05, 3.63) is 29.0 Å². The van der Waals surface area contributed by atoms with Crippen molar-refractivity contribution in [2.45, 2.75) is 44.4 Å². The quantitative estimate of drug-likeness (QED) is 0.915. The summed E-state index contributed by atoms with van der Waals surface area (Å²) in [4.78, 5) is 4.62. The molecule has 0 amide bonds. The van der Waals surface area contributed by atoms with E-state index < -0.39 is 0 Å². The summed E-state index contributed by atoms with van der Waals surface area (Å²) in [5.41, 5.74) is 2.00. The Morgan fingerprint density at radius 3 is 3.00 bits per heavy atom. The Hall–Kier alpha value is -1.10. The predicted octanol–water partition coefficient (Wildman–Crippen LogP) is 2.62. The van der Waals surface area contributed by atoms with E-state index in [1.807, 2.05) is 25.2 Å². The lowest BCUT2D eigenvalue weighted by atomic mass is 9.93. The second kappa shape index (κ2) is 5.72. The summed E-state index contributed by atoms with van der Waals surface area (Å²) in [6, 6.07) is 5.94. The minimum Gasteiger partial charge on any atom is -0.392 e. The molecule has 1 saturated carbocycles. The zero-order valence-electron chi connectivity index (χ0n) is 11.6. The first-order valence-corrected chi connectivity index (χ1v) is 7.55. The number of aliphatic hydroxyl groups is 1. The molecule has 0 radical (unpaired) electrons. The maximum atomic E-state index is 9.99. The van der Waals surface area contributed by atoms with E-state index in [1.165, 1.54) is 6.42 Å². The van der Waals surface area contributed by atoms with Crippen LogP contribution in [0.2, 0.25) is 5.02 Å². The van der Waals surface area contributed by atoms with Gasteiger partial charge in [0.1, 0.15) is 5.82 Å². The van der Waals surface area contributed by atoms with Crippen LogP contribution in [0.3, 0.4) is 0 Å². The molecule has 0 saturated heterocycles. The van der Waals surface area contributed by atoms with Gasteiger partial charge in [-0.1, -0.05) is 24.4 Å². The van der Waals surface area contributed by atoms with Crippen molar-refractivity contribution in [1.82, 2.24) is 14.9 Å². The zero-order valence-corrected chi connectivity index (χ0v) is 12.4. The smallest absolute Gasteiger partial charge is 0.123 e. The normalized spacial score (nSPS) is 23.4. The number of nitrogens with one attached hydrogen (secondary N) is 1. The lowest BCUT2D eigenvalue weighted by molar-refractivity contribution is 0.0898. The molecular formula is C15H20ClN3O. The van der Waals surface area contributed by atoms with Crippen molar-refractivity contribution in [1.29, 1.82) is 0 Å². The highest BCUT2D eigenvalue weighted by atomic mass is 35.5. The summed E-state index contributed by atoms with van der Waals surface area (Å²) in [6.45, 7) is 0.671. The number of nitrogens with zero attached hydrogens (tertiary/aromatic N) is 2. The van der Waals surface area contributed by atoms with Crippen LogP contribution in [0.4, 0.5) is 0 Å². The fraction of sp³-hybridized carbons (Fsp3) is 0.533. The summed E-state index contributed by atoms with van der Waals surface area (Å²) in [5.74, 6) is 0.972. The molecule has 1 heterocycles.